The molecule has 0 atom stereocenters. The maximum Gasteiger partial charge on any atom is 0.271 e. The smallest absolute Gasteiger partial charge is 0.271 e. The summed E-state index contributed by atoms with van der Waals surface area (Å²) in [7, 11) is 0. The standard InChI is InChI=1S/C12H12N6O3/c19-10-2-1-8(17-18-10)11(20)15-5-6-16-12(21)9-7-13-3-4-14-9/h1-4,7H,5-6H2,(H,15,20)(H,16,21)(H,18,19). The van der Waals surface area contributed by atoms with Crippen molar-refractivity contribution in [3.63, 3.8) is 0 Å². The Hall–Kier alpha value is -3.10. The summed E-state index contributed by atoms with van der Waals surface area (Å²) in [4.78, 5) is 41.7. The number of hydrogen-bond acceptors (Lipinski definition) is 6. The van der Waals surface area contributed by atoms with Crippen LogP contribution < -0.4 is 16.2 Å². The normalized spacial score (nSPS) is 9.90. The van der Waals surface area contributed by atoms with Crippen molar-refractivity contribution in [2.45, 2.75) is 0 Å². The van der Waals surface area contributed by atoms with Crippen molar-refractivity contribution in [3.8, 4) is 0 Å². The van der Waals surface area contributed by atoms with Gasteiger partial charge in [-0.2, -0.15) is 5.10 Å². The van der Waals surface area contributed by atoms with E-state index in [4.69, 9.17) is 0 Å². The Morgan fingerprint density at radius 3 is 2.33 bits per heavy atom. The van der Waals surface area contributed by atoms with E-state index >= 15 is 0 Å². The van der Waals surface area contributed by atoms with Crippen molar-refractivity contribution in [1.82, 2.24) is 30.8 Å². The lowest BCUT2D eigenvalue weighted by molar-refractivity contribution is 0.0922. The molecule has 2 aromatic rings. The summed E-state index contributed by atoms with van der Waals surface area (Å²) in [5, 5.41) is 10.9. The number of hydrogen-bond donors (Lipinski definition) is 3. The van der Waals surface area contributed by atoms with Crippen molar-refractivity contribution >= 4 is 11.8 Å². The van der Waals surface area contributed by atoms with E-state index in [0.29, 0.717) is 0 Å². The topological polar surface area (TPSA) is 130 Å². The number of rotatable bonds is 5. The summed E-state index contributed by atoms with van der Waals surface area (Å²) in [6, 6.07) is 2.52. The molecule has 0 fully saturated rings. The van der Waals surface area contributed by atoms with Crippen molar-refractivity contribution < 1.29 is 9.59 Å². The average molecular weight is 288 g/mol. The predicted octanol–water partition coefficient (Wildman–Crippen LogP) is -1.28. The van der Waals surface area contributed by atoms with Crippen LogP contribution in [0.1, 0.15) is 21.0 Å². The number of carbonyl (C=O) groups excluding carboxylic acids is 2. The first kappa shape index (κ1) is 14.3. The van der Waals surface area contributed by atoms with Crippen LogP contribution in [-0.4, -0.2) is 45.1 Å². The highest BCUT2D eigenvalue weighted by molar-refractivity contribution is 5.92. The van der Waals surface area contributed by atoms with Crippen LogP contribution in [0.4, 0.5) is 0 Å². The molecule has 0 unspecified atom stereocenters. The minimum atomic E-state index is -0.444. The zero-order chi connectivity index (χ0) is 15.1. The molecular formula is C12H12N6O3. The second kappa shape index (κ2) is 6.89. The second-order valence-electron chi connectivity index (χ2n) is 3.91. The van der Waals surface area contributed by atoms with Crippen LogP contribution >= 0.6 is 0 Å². The predicted molar refractivity (Wildman–Crippen MR) is 71.6 cm³/mol. The molecule has 9 heteroatoms. The highest BCUT2D eigenvalue weighted by atomic mass is 16.2. The molecule has 0 aliphatic heterocycles. The molecule has 0 aliphatic rings. The molecule has 108 valence electrons. The fourth-order valence-corrected chi connectivity index (χ4v) is 1.42. The summed E-state index contributed by atoms with van der Waals surface area (Å²) in [5.41, 5.74) is -0.0937. The molecule has 0 radical (unpaired) electrons. The SMILES string of the molecule is O=C(NCCNC(=O)c1ccc(=O)[nH]n1)c1cnccn1. The van der Waals surface area contributed by atoms with Gasteiger partial charge in [-0.15, -0.1) is 0 Å². The first-order valence-corrected chi connectivity index (χ1v) is 6.05. The lowest BCUT2D eigenvalue weighted by Gasteiger charge is -2.06. The van der Waals surface area contributed by atoms with Gasteiger partial charge in [-0.3, -0.25) is 19.4 Å². The quantitative estimate of drug-likeness (QED) is 0.587. The van der Waals surface area contributed by atoms with Crippen LogP contribution in [0.3, 0.4) is 0 Å². The van der Waals surface area contributed by atoms with Gasteiger partial charge in [0.2, 0.25) is 0 Å². The van der Waals surface area contributed by atoms with E-state index in [1.165, 1.54) is 30.7 Å². The Morgan fingerprint density at radius 1 is 1.05 bits per heavy atom. The van der Waals surface area contributed by atoms with Gasteiger partial charge in [-0.05, 0) is 6.07 Å². The van der Waals surface area contributed by atoms with Crippen LogP contribution in [-0.2, 0) is 0 Å². The lowest BCUT2D eigenvalue weighted by Crippen LogP contribution is -2.35. The molecule has 2 aromatic heterocycles. The third kappa shape index (κ3) is 4.20. The molecule has 2 heterocycles. The third-order valence-electron chi connectivity index (χ3n) is 2.40. The Bertz CT molecular complexity index is 664. The van der Waals surface area contributed by atoms with E-state index in [2.05, 4.69) is 30.8 Å². The molecule has 3 N–H and O–H groups in total. The Balaban J connectivity index is 1.75. The minimum absolute atomic E-state index is 0.0925. The highest BCUT2D eigenvalue weighted by Gasteiger charge is 2.08. The van der Waals surface area contributed by atoms with Gasteiger partial charge in [-0.25, -0.2) is 10.1 Å². The number of aromatic amines is 1. The Labute approximate surface area is 118 Å². The van der Waals surface area contributed by atoms with Crippen molar-refractivity contribution in [3.05, 3.63) is 52.5 Å². The maximum atomic E-state index is 11.6. The minimum Gasteiger partial charge on any atom is -0.349 e. The number of H-pyrrole nitrogens is 1. The van der Waals surface area contributed by atoms with E-state index < -0.39 is 5.91 Å². The van der Waals surface area contributed by atoms with Gasteiger partial charge in [0.05, 0.1) is 6.20 Å². The molecule has 2 amide bonds. The summed E-state index contributed by atoms with van der Waals surface area (Å²) in [6.45, 7) is 0.441. The van der Waals surface area contributed by atoms with Crippen molar-refractivity contribution in [2.75, 3.05) is 13.1 Å². The molecule has 2 rings (SSSR count). The number of aromatic nitrogens is 4. The fourth-order valence-electron chi connectivity index (χ4n) is 1.42. The van der Waals surface area contributed by atoms with Gasteiger partial charge in [-0.1, -0.05) is 0 Å². The Morgan fingerprint density at radius 2 is 1.76 bits per heavy atom. The van der Waals surface area contributed by atoms with Gasteiger partial charge < -0.3 is 10.6 Å². The molecule has 0 saturated carbocycles. The van der Waals surface area contributed by atoms with E-state index in [1.54, 1.807) is 0 Å². The molecule has 9 nitrogen and oxygen atoms in total. The first-order chi connectivity index (χ1) is 10.2. The average Bonchev–Trinajstić information content (AvgIpc) is 2.52. The number of carbonyl (C=O) groups is 2. The zero-order valence-electron chi connectivity index (χ0n) is 10.9. The summed E-state index contributed by atoms with van der Waals surface area (Å²) >= 11 is 0. The summed E-state index contributed by atoms with van der Waals surface area (Å²) < 4.78 is 0. The van der Waals surface area contributed by atoms with Gasteiger partial charge in [0, 0.05) is 31.5 Å². The van der Waals surface area contributed by atoms with E-state index in [1.807, 2.05) is 0 Å². The summed E-state index contributed by atoms with van der Waals surface area (Å²) in [6.07, 6.45) is 4.23. The van der Waals surface area contributed by atoms with Crippen LogP contribution in [0.5, 0.6) is 0 Å². The van der Waals surface area contributed by atoms with Gasteiger partial charge >= 0.3 is 0 Å². The highest BCUT2D eigenvalue weighted by Crippen LogP contribution is 1.89. The van der Waals surface area contributed by atoms with Crippen LogP contribution in [0.25, 0.3) is 0 Å². The number of amides is 2. The summed E-state index contributed by atoms with van der Waals surface area (Å²) in [5.74, 6) is -0.820. The van der Waals surface area contributed by atoms with Crippen LogP contribution in [0, 0.1) is 0 Å². The molecule has 0 aromatic carbocycles. The largest absolute Gasteiger partial charge is 0.349 e. The van der Waals surface area contributed by atoms with Crippen LogP contribution in [0.2, 0.25) is 0 Å². The number of nitrogens with zero attached hydrogens (tertiary/aromatic N) is 3. The van der Waals surface area contributed by atoms with Crippen molar-refractivity contribution in [2.24, 2.45) is 0 Å². The first-order valence-electron chi connectivity index (χ1n) is 6.05. The molecule has 0 bridgehead atoms. The second-order valence-corrected chi connectivity index (χ2v) is 3.91. The van der Waals surface area contributed by atoms with Gasteiger partial charge in [0.15, 0.2) is 0 Å². The fraction of sp³-hybridized carbons (Fsp3) is 0.167. The van der Waals surface area contributed by atoms with E-state index in [0.717, 1.165) is 0 Å². The van der Waals surface area contributed by atoms with Gasteiger partial charge in [0.25, 0.3) is 17.4 Å². The third-order valence-corrected chi connectivity index (χ3v) is 2.40. The molecule has 0 aliphatic carbocycles. The number of nitrogens with one attached hydrogen (secondary N) is 3. The van der Waals surface area contributed by atoms with Crippen molar-refractivity contribution in [1.29, 1.82) is 0 Å². The lowest BCUT2D eigenvalue weighted by atomic mass is 10.3. The van der Waals surface area contributed by atoms with E-state index in [-0.39, 0.29) is 35.9 Å². The maximum absolute atomic E-state index is 11.6. The molecule has 21 heavy (non-hydrogen) atoms. The van der Waals surface area contributed by atoms with E-state index in [9.17, 15) is 14.4 Å². The Kier molecular flexibility index (Phi) is 4.70. The monoisotopic (exact) mass is 288 g/mol. The molecular weight excluding hydrogens is 276 g/mol. The zero-order valence-corrected chi connectivity index (χ0v) is 10.9. The molecule has 0 spiro atoms. The van der Waals surface area contributed by atoms with Gasteiger partial charge in [0.1, 0.15) is 11.4 Å². The van der Waals surface area contributed by atoms with Crippen LogP contribution in [0.15, 0.2) is 35.5 Å². The molecule has 0 saturated heterocycles.